The lowest BCUT2D eigenvalue weighted by atomic mass is 10.0. The first kappa shape index (κ1) is 14.0. The summed E-state index contributed by atoms with van der Waals surface area (Å²) >= 11 is 5.90. The molecule has 0 aromatic heterocycles. The van der Waals surface area contributed by atoms with Gasteiger partial charge in [-0.25, -0.2) is 0 Å². The van der Waals surface area contributed by atoms with Gasteiger partial charge in [-0.3, -0.25) is 4.79 Å². The Balaban J connectivity index is 1.88. The van der Waals surface area contributed by atoms with Gasteiger partial charge in [-0.2, -0.15) is 0 Å². The van der Waals surface area contributed by atoms with Gasteiger partial charge >= 0.3 is 0 Å². The molecule has 108 valence electrons. The molecule has 0 spiro atoms. The Hall–Kier alpha value is -2.00. The van der Waals surface area contributed by atoms with Gasteiger partial charge in [0.05, 0.1) is 5.56 Å². The molecule has 0 saturated carbocycles. The van der Waals surface area contributed by atoms with Crippen LogP contribution in [0.5, 0.6) is 0 Å². The van der Waals surface area contributed by atoms with Gasteiger partial charge in [0, 0.05) is 23.8 Å². The number of fused-ring (bicyclic) bond motifs is 1. The number of carbonyl (C=O) groups excluding carboxylic acids is 1. The van der Waals surface area contributed by atoms with Crippen LogP contribution in [-0.2, 0) is 13.0 Å². The summed E-state index contributed by atoms with van der Waals surface area (Å²) in [7, 11) is 0. The molecule has 0 fully saturated rings. The number of hydrogen-bond acceptors (Lipinski definition) is 2. The van der Waals surface area contributed by atoms with Crippen LogP contribution in [0.4, 0.5) is 5.69 Å². The Morgan fingerprint density at radius 2 is 1.90 bits per heavy atom. The maximum Gasteiger partial charge on any atom is 0.256 e. The largest absolute Gasteiger partial charge is 0.398 e. The highest BCUT2D eigenvalue weighted by atomic mass is 35.5. The van der Waals surface area contributed by atoms with Crippen molar-refractivity contribution in [3.63, 3.8) is 0 Å². The fourth-order valence-corrected chi connectivity index (χ4v) is 2.95. The average Bonchev–Trinajstić information content (AvgIpc) is 2.68. The van der Waals surface area contributed by atoms with E-state index in [1.54, 1.807) is 18.2 Å². The van der Waals surface area contributed by atoms with E-state index >= 15 is 0 Å². The van der Waals surface area contributed by atoms with Crippen molar-refractivity contribution in [2.45, 2.75) is 19.4 Å². The Morgan fingerprint density at radius 3 is 2.67 bits per heavy atom. The van der Waals surface area contributed by atoms with Gasteiger partial charge in [0.25, 0.3) is 5.91 Å². The summed E-state index contributed by atoms with van der Waals surface area (Å²) in [4.78, 5) is 14.6. The number of nitrogen functional groups attached to an aromatic ring is 1. The van der Waals surface area contributed by atoms with E-state index in [1.807, 2.05) is 17.0 Å². The first-order valence-electron chi connectivity index (χ1n) is 7.06. The Bertz CT molecular complexity index is 684. The van der Waals surface area contributed by atoms with Gasteiger partial charge < -0.3 is 10.6 Å². The van der Waals surface area contributed by atoms with Crippen molar-refractivity contribution in [2.24, 2.45) is 0 Å². The van der Waals surface area contributed by atoms with Crippen molar-refractivity contribution in [1.82, 2.24) is 4.90 Å². The lowest BCUT2D eigenvalue weighted by Gasteiger charge is -2.22. The van der Waals surface area contributed by atoms with Crippen molar-refractivity contribution >= 4 is 23.2 Å². The monoisotopic (exact) mass is 300 g/mol. The maximum absolute atomic E-state index is 12.7. The number of halogens is 1. The van der Waals surface area contributed by atoms with Crippen LogP contribution in [0.3, 0.4) is 0 Å². The molecule has 0 radical (unpaired) electrons. The normalized spacial score (nSPS) is 14.4. The number of hydrogen-bond donors (Lipinski definition) is 1. The standard InChI is InChI=1S/C17H17ClN2O/c18-14-7-8-15(16(19)10-14)17(21)20-9-3-6-12-4-1-2-5-13(12)11-20/h1-2,4-5,7-8,10H,3,6,9,11,19H2. The Morgan fingerprint density at radius 1 is 1.14 bits per heavy atom. The second kappa shape index (κ2) is 5.78. The van der Waals surface area contributed by atoms with E-state index in [4.69, 9.17) is 17.3 Å². The van der Waals surface area contributed by atoms with Gasteiger partial charge in [0.1, 0.15) is 0 Å². The summed E-state index contributed by atoms with van der Waals surface area (Å²) < 4.78 is 0. The van der Waals surface area contributed by atoms with Crippen molar-refractivity contribution < 1.29 is 4.79 Å². The van der Waals surface area contributed by atoms with E-state index in [2.05, 4.69) is 12.1 Å². The van der Waals surface area contributed by atoms with E-state index in [1.165, 1.54) is 11.1 Å². The van der Waals surface area contributed by atoms with Crippen LogP contribution < -0.4 is 5.73 Å². The van der Waals surface area contributed by atoms with E-state index in [0.717, 1.165) is 19.4 Å². The first-order chi connectivity index (χ1) is 10.1. The number of aryl methyl sites for hydroxylation is 1. The minimum absolute atomic E-state index is 0.0270. The molecule has 2 aromatic carbocycles. The lowest BCUT2D eigenvalue weighted by Crippen LogP contribution is -2.31. The molecule has 0 saturated heterocycles. The van der Waals surface area contributed by atoms with Crippen molar-refractivity contribution in [2.75, 3.05) is 12.3 Å². The molecule has 3 rings (SSSR count). The zero-order valence-electron chi connectivity index (χ0n) is 11.7. The average molecular weight is 301 g/mol. The molecule has 2 aromatic rings. The molecule has 1 amide bonds. The zero-order valence-corrected chi connectivity index (χ0v) is 12.4. The second-order valence-electron chi connectivity index (χ2n) is 5.33. The van der Waals surface area contributed by atoms with Crippen LogP contribution in [0.15, 0.2) is 42.5 Å². The van der Waals surface area contributed by atoms with Crippen LogP contribution in [0.25, 0.3) is 0 Å². The van der Waals surface area contributed by atoms with Crippen LogP contribution in [-0.4, -0.2) is 17.4 Å². The van der Waals surface area contributed by atoms with Crippen molar-refractivity contribution in [1.29, 1.82) is 0 Å². The third-order valence-electron chi connectivity index (χ3n) is 3.88. The highest BCUT2D eigenvalue weighted by Gasteiger charge is 2.21. The van der Waals surface area contributed by atoms with Crippen LogP contribution in [0, 0.1) is 0 Å². The number of nitrogens with zero attached hydrogens (tertiary/aromatic N) is 1. The first-order valence-corrected chi connectivity index (χ1v) is 7.44. The number of rotatable bonds is 1. The predicted molar refractivity (Wildman–Crippen MR) is 85.4 cm³/mol. The maximum atomic E-state index is 12.7. The van der Waals surface area contributed by atoms with Crippen LogP contribution in [0.2, 0.25) is 5.02 Å². The van der Waals surface area contributed by atoms with E-state index in [9.17, 15) is 4.79 Å². The molecular formula is C17H17ClN2O. The molecule has 0 bridgehead atoms. The van der Waals surface area contributed by atoms with E-state index in [-0.39, 0.29) is 5.91 Å². The molecule has 2 N–H and O–H groups in total. The number of amides is 1. The Labute approximate surface area is 129 Å². The summed E-state index contributed by atoms with van der Waals surface area (Å²) in [6.07, 6.45) is 1.98. The SMILES string of the molecule is Nc1cc(Cl)ccc1C(=O)N1CCCc2ccccc2C1. The van der Waals surface area contributed by atoms with Crippen molar-refractivity contribution in [3.8, 4) is 0 Å². The third-order valence-corrected chi connectivity index (χ3v) is 4.12. The summed E-state index contributed by atoms with van der Waals surface area (Å²) in [6.45, 7) is 1.38. The summed E-state index contributed by atoms with van der Waals surface area (Å²) in [5.41, 5.74) is 9.44. The van der Waals surface area contributed by atoms with Crippen LogP contribution in [0.1, 0.15) is 27.9 Å². The second-order valence-corrected chi connectivity index (χ2v) is 5.77. The van der Waals surface area contributed by atoms with Crippen molar-refractivity contribution in [3.05, 3.63) is 64.2 Å². The quantitative estimate of drug-likeness (QED) is 0.819. The third kappa shape index (κ3) is 2.88. The highest BCUT2D eigenvalue weighted by molar-refractivity contribution is 6.31. The number of nitrogens with two attached hydrogens (primary N) is 1. The molecule has 3 nitrogen and oxygen atoms in total. The molecular weight excluding hydrogens is 284 g/mol. The summed E-state index contributed by atoms with van der Waals surface area (Å²) in [5.74, 6) is -0.0270. The van der Waals surface area contributed by atoms with Gasteiger partial charge in [0.15, 0.2) is 0 Å². The number of carbonyl (C=O) groups is 1. The minimum atomic E-state index is -0.0270. The smallest absolute Gasteiger partial charge is 0.256 e. The molecule has 1 heterocycles. The molecule has 0 atom stereocenters. The summed E-state index contributed by atoms with van der Waals surface area (Å²) in [6, 6.07) is 13.3. The molecule has 0 aliphatic carbocycles. The molecule has 1 aliphatic heterocycles. The molecule has 1 aliphatic rings. The van der Waals surface area contributed by atoms with Gasteiger partial charge in [-0.05, 0) is 42.2 Å². The fraction of sp³-hybridized carbons (Fsp3) is 0.235. The topological polar surface area (TPSA) is 46.3 Å². The fourth-order valence-electron chi connectivity index (χ4n) is 2.77. The van der Waals surface area contributed by atoms with Crippen LogP contribution >= 0.6 is 11.6 Å². The predicted octanol–water partition coefficient (Wildman–Crippen LogP) is 3.51. The lowest BCUT2D eigenvalue weighted by molar-refractivity contribution is 0.0747. The molecule has 0 unspecified atom stereocenters. The number of anilines is 1. The van der Waals surface area contributed by atoms with Gasteiger partial charge in [0.2, 0.25) is 0 Å². The van der Waals surface area contributed by atoms with E-state index < -0.39 is 0 Å². The molecule has 21 heavy (non-hydrogen) atoms. The summed E-state index contributed by atoms with van der Waals surface area (Å²) in [5, 5.41) is 0.547. The minimum Gasteiger partial charge on any atom is -0.398 e. The highest BCUT2D eigenvalue weighted by Crippen LogP contribution is 2.23. The Kier molecular flexibility index (Phi) is 3.84. The number of benzene rings is 2. The van der Waals surface area contributed by atoms with Gasteiger partial charge in [-0.1, -0.05) is 35.9 Å². The zero-order chi connectivity index (χ0) is 14.8. The molecule has 4 heteroatoms. The van der Waals surface area contributed by atoms with Gasteiger partial charge in [-0.15, -0.1) is 0 Å². The van der Waals surface area contributed by atoms with E-state index in [0.29, 0.717) is 22.8 Å².